The highest BCUT2D eigenvalue weighted by molar-refractivity contribution is 7.92. The van der Waals surface area contributed by atoms with E-state index >= 15 is 0 Å². The van der Waals surface area contributed by atoms with Crippen LogP contribution < -0.4 is 20.5 Å². The molecule has 0 saturated heterocycles. The summed E-state index contributed by atoms with van der Waals surface area (Å²) >= 11 is 5.97. The van der Waals surface area contributed by atoms with Gasteiger partial charge in [0.1, 0.15) is 5.75 Å². The summed E-state index contributed by atoms with van der Waals surface area (Å²) in [6, 6.07) is 24.4. The molecular weight excluding hydrogens is 754 g/mol. The molecule has 0 bridgehead atoms. The summed E-state index contributed by atoms with van der Waals surface area (Å²) in [6.45, 7) is 7.37. The number of fused-ring (bicyclic) bond motifs is 1. The number of nitrogens with one attached hydrogen (secondary N) is 2. The van der Waals surface area contributed by atoms with Crippen molar-refractivity contribution in [3.05, 3.63) is 113 Å². The lowest BCUT2D eigenvalue weighted by molar-refractivity contribution is -0.0177. The molecule has 1 heterocycles. The molecule has 0 aliphatic carbocycles. The molecule has 5 N–H and O–H groups in total. The number of para-hydroxylation sites is 2. The minimum Gasteiger partial charge on any atom is -0.490 e. The van der Waals surface area contributed by atoms with Crippen molar-refractivity contribution >= 4 is 50.5 Å². The van der Waals surface area contributed by atoms with Crippen LogP contribution in [0, 0.1) is 5.92 Å². The van der Waals surface area contributed by atoms with Gasteiger partial charge in [0.2, 0.25) is 0 Å². The molecule has 1 aliphatic rings. The average molecular weight is 806 g/mol. The van der Waals surface area contributed by atoms with Gasteiger partial charge in [0.25, 0.3) is 21.8 Å². The van der Waals surface area contributed by atoms with Crippen LogP contribution in [0.4, 0.5) is 17.1 Å². The van der Waals surface area contributed by atoms with Gasteiger partial charge in [0, 0.05) is 48.4 Å². The number of aliphatic hydroxyl groups is 1. The Balaban J connectivity index is 1.33. The second-order valence-electron chi connectivity index (χ2n) is 14.5. The summed E-state index contributed by atoms with van der Waals surface area (Å²) in [5.41, 5.74) is 8.92. The van der Waals surface area contributed by atoms with Gasteiger partial charge in [0.05, 0.1) is 46.7 Å². The Morgan fingerprint density at radius 3 is 2.45 bits per heavy atom. The topological polar surface area (TPSA) is 164 Å². The third-order valence-corrected chi connectivity index (χ3v) is 11.4. The number of rotatable bonds is 11. The number of hydrogen-bond donors (Lipinski definition) is 4. The highest BCUT2D eigenvalue weighted by Gasteiger charge is 2.31. The Morgan fingerprint density at radius 1 is 1.04 bits per heavy atom. The van der Waals surface area contributed by atoms with E-state index in [2.05, 4.69) is 14.9 Å². The van der Waals surface area contributed by atoms with Crippen molar-refractivity contribution in [3.8, 4) is 5.75 Å². The normalized spacial score (nSPS) is 19.0. The summed E-state index contributed by atoms with van der Waals surface area (Å²) in [7, 11) is -1.99. The van der Waals surface area contributed by atoms with E-state index in [9.17, 15) is 23.1 Å². The molecule has 0 saturated carbocycles. The van der Waals surface area contributed by atoms with Crippen molar-refractivity contribution < 1.29 is 32.6 Å². The second-order valence-corrected chi connectivity index (χ2v) is 16.6. The van der Waals surface area contributed by atoms with Crippen LogP contribution in [0.1, 0.15) is 66.3 Å². The molecule has 300 valence electrons. The van der Waals surface area contributed by atoms with Crippen molar-refractivity contribution in [2.75, 3.05) is 49.1 Å². The van der Waals surface area contributed by atoms with Crippen molar-refractivity contribution in [1.82, 2.24) is 9.80 Å². The van der Waals surface area contributed by atoms with E-state index in [1.54, 1.807) is 48.2 Å². The number of likely N-dealkylation sites (N-methyl/N-ethyl adjacent to an activating group) is 1. The molecule has 0 aromatic heterocycles. The standard InChI is InChI=1S/C42H52ClN5O7S/c1-28-24-48(29(2)27-49)42(51)36-23-34(46-56(52,53)35-19-16-33(43)17-20-35)18-21-39(36)55-30(3)9-7-8-22-54-40(28)26-47(4)25-31-12-14-32(15-13-31)41(50)45-38-11-6-5-10-37(38)44/h5-6,10-21,23,28-30,40,46,49H,7-9,22,24-27,44H2,1-4H3,(H,45,50)/t28-,29+,30+,40-/m0/s1. The molecule has 4 aromatic carbocycles. The molecule has 0 spiro atoms. The molecule has 4 aromatic rings. The van der Waals surface area contributed by atoms with E-state index in [0.29, 0.717) is 53.8 Å². The van der Waals surface area contributed by atoms with Crippen LogP contribution in [-0.2, 0) is 21.3 Å². The largest absolute Gasteiger partial charge is 0.490 e. The summed E-state index contributed by atoms with van der Waals surface area (Å²) in [4.78, 5) is 31.1. The summed E-state index contributed by atoms with van der Waals surface area (Å²) < 4.78 is 41.9. The zero-order valence-corrected chi connectivity index (χ0v) is 33.9. The van der Waals surface area contributed by atoms with Gasteiger partial charge in [-0.2, -0.15) is 0 Å². The highest BCUT2D eigenvalue weighted by atomic mass is 35.5. The number of anilines is 3. The molecule has 0 unspecified atom stereocenters. The predicted molar refractivity (Wildman–Crippen MR) is 221 cm³/mol. The second kappa shape index (κ2) is 19.5. The number of hydrogen-bond acceptors (Lipinski definition) is 9. The first-order valence-corrected chi connectivity index (χ1v) is 20.7. The van der Waals surface area contributed by atoms with Crippen LogP contribution in [-0.4, -0.2) is 86.7 Å². The van der Waals surface area contributed by atoms with E-state index in [-0.39, 0.29) is 53.3 Å². The maximum absolute atomic E-state index is 14.5. The summed E-state index contributed by atoms with van der Waals surface area (Å²) in [5, 5.41) is 13.6. The minimum absolute atomic E-state index is 0.0211. The molecule has 5 rings (SSSR count). The Hall–Kier alpha value is -4.66. The van der Waals surface area contributed by atoms with Crippen LogP contribution in [0.25, 0.3) is 0 Å². The molecule has 0 fully saturated rings. The number of nitrogen functional groups attached to an aromatic ring is 1. The van der Waals surface area contributed by atoms with E-state index in [0.717, 1.165) is 18.4 Å². The van der Waals surface area contributed by atoms with Crippen molar-refractivity contribution in [2.45, 2.75) is 69.7 Å². The van der Waals surface area contributed by atoms with E-state index < -0.39 is 22.0 Å². The number of benzene rings is 4. The average Bonchev–Trinajstić information content (AvgIpc) is 3.17. The quantitative estimate of drug-likeness (QED) is 0.118. The third-order valence-electron chi connectivity index (χ3n) is 9.80. The zero-order valence-electron chi connectivity index (χ0n) is 32.3. The molecule has 56 heavy (non-hydrogen) atoms. The van der Waals surface area contributed by atoms with Gasteiger partial charge in [-0.05, 0) is 112 Å². The first kappa shape index (κ1) is 42.5. The number of nitrogens with zero attached hydrogens (tertiary/aromatic N) is 2. The van der Waals surface area contributed by atoms with Gasteiger partial charge >= 0.3 is 0 Å². The molecular formula is C42H52ClN5O7S. The fraction of sp³-hybridized carbons (Fsp3) is 0.381. The first-order valence-electron chi connectivity index (χ1n) is 18.8. The van der Waals surface area contributed by atoms with Gasteiger partial charge in [-0.1, -0.05) is 42.8 Å². The number of nitrogens with two attached hydrogens (primary N) is 1. The van der Waals surface area contributed by atoms with Crippen molar-refractivity contribution in [2.24, 2.45) is 5.92 Å². The number of ether oxygens (including phenoxy) is 2. The SMILES string of the molecule is C[C@@H]1CCCCO[C@@H](CN(C)Cc2ccc(C(=O)Nc3ccccc3N)cc2)[C@@H](C)CN([C@H](C)CO)C(=O)c2cc(NS(=O)(=O)c3ccc(Cl)cc3)ccc2O1. The van der Waals surface area contributed by atoms with Crippen LogP contribution in [0.15, 0.2) is 95.9 Å². The number of carbonyl (C=O) groups excluding carboxylic acids is 2. The Labute approximate surface area is 335 Å². The number of sulfonamides is 1. The fourth-order valence-corrected chi connectivity index (χ4v) is 7.70. The maximum Gasteiger partial charge on any atom is 0.261 e. The fourth-order valence-electron chi connectivity index (χ4n) is 6.53. The van der Waals surface area contributed by atoms with Gasteiger partial charge in [-0.25, -0.2) is 8.42 Å². The molecule has 14 heteroatoms. The number of halogens is 1. The van der Waals surface area contributed by atoms with Gasteiger partial charge in [-0.15, -0.1) is 0 Å². The van der Waals surface area contributed by atoms with Crippen LogP contribution >= 0.6 is 11.6 Å². The monoisotopic (exact) mass is 805 g/mol. The van der Waals surface area contributed by atoms with Crippen molar-refractivity contribution in [3.63, 3.8) is 0 Å². The van der Waals surface area contributed by atoms with Crippen LogP contribution in [0.2, 0.25) is 5.02 Å². The number of aliphatic hydroxyl groups excluding tert-OH is 1. The van der Waals surface area contributed by atoms with Gasteiger partial charge in [-0.3, -0.25) is 19.2 Å². The van der Waals surface area contributed by atoms with E-state index in [1.807, 2.05) is 45.2 Å². The number of carbonyl (C=O) groups is 2. The minimum atomic E-state index is -4.00. The Morgan fingerprint density at radius 2 is 1.75 bits per heavy atom. The Bertz CT molecular complexity index is 2050. The smallest absolute Gasteiger partial charge is 0.261 e. The lowest BCUT2D eigenvalue weighted by Gasteiger charge is -2.36. The lowest BCUT2D eigenvalue weighted by Crippen LogP contribution is -2.47. The molecule has 2 amide bonds. The van der Waals surface area contributed by atoms with Crippen LogP contribution in [0.5, 0.6) is 5.75 Å². The highest BCUT2D eigenvalue weighted by Crippen LogP contribution is 2.30. The van der Waals surface area contributed by atoms with Crippen molar-refractivity contribution in [1.29, 1.82) is 0 Å². The molecule has 4 atom stereocenters. The maximum atomic E-state index is 14.5. The number of amides is 2. The van der Waals surface area contributed by atoms with E-state index in [1.165, 1.54) is 30.3 Å². The summed E-state index contributed by atoms with van der Waals surface area (Å²) in [5.74, 6) is -0.488. The molecule has 12 nitrogen and oxygen atoms in total. The summed E-state index contributed by atoms with van der Waals surface area (Å²) in [6.07, 6.45) is 1.86. The molecule has 1 aliphatic heterocycles. The first-order chi connectivity index (χ1) is 26.7. The predicted octanol–water partition coefficient (Wildman–Crippen LogP) is 6.90. The van der Waals surface area contributed by atoms with E-state index in [4.69, 9.17) is 26.8 Å². The third kappa shape index (κ3) is 11.5. The lowest BCUT2D eigenvalue weighted by atomic mass is 10.0. The van der Waals surface area contributed by atoms with Crippen LogP contribution in [0.3, 0.4) is 0 Å². The van der Waals surface area contributed by atoms with Gasteiger partial charge in [0.15, 0.2) is 0 Å². The Kier molecular flexibility index (Phi) is 14.8. The zero-order chi connectivity index (χ0) is 40.4. The molecule has 0 radical (unpaired) electrons. The van der Waals surface area contributed by atoms with Gasteiger partial charge < -0.3 is 30.5 Å².